The third-order valence-corrected chi connectivity index (χ3v) is 6.87. The van der Waals surface area contributed by atoms with E-state index < -0.39 is 0 Å². The highest BCUT2D eigenvalue weighted by molar-refractivity contribution is 5.76. The largest absolute Gasteiger partial charge is 0.377 e. The van der Waals surface area contributed by atoms with E-state index in [0.717, 1.165) is 64.8 Å². The van der Waals surface area contributed by atoms with E-state index >= 15 is 0 Å². The van der Waals surface area contributed by atoms with Gasteiger partial charge >= 0.3 is 0 Å². The summed E-state index contributed by atoms with van der Waals surface area (Å²) in [7, 11) is 0. The molecule has 2 fully saturated rings. The van der Waals surface area contributed by atoms with Crippen LogP contribution in [0.5, 0.6) is 0 Å². The summed E-state index contributed by atoms with van der Waals surface area (Å²) in [6.45, 7) is 3.98. The van der Waals surface area contributed by atoms with Crippen LogP contribution in [0.15, 0.2) is 60.7 Å². The number of likely N-dealkylation sites (tertiary alicyclic amines) is 1. The molecule has 4 nitrogen and oxygen atoms in total. The van der Waals surface area contributed by atoms with Crippen molar-refractivity contribution in [3.05, 3.63) is 71.8 Å². The van der Waals surface area contributed by atoms with Gasteiger partial charge in [-0.1, -0.05) is 60.7 Å². The SMILES string of the molecule is O=C(CCc1ccccc1)N1CCC2(CC1)CC(CCOCc1ccccc1)CCO2. The minimum atomic E-state index is -0.0292. The molecule has 2 saturated heterocycles. The Labute approximate surface area is 186 Å². The number of carbonyl (C=O) groups excluding carboxylic acids is 1. The maximum atomic E-state index is 12.7. The molecule has 0 bridgehead atoms. The second-order valence-electron chi connectivity index (χ2n) is 9.08. The molecule has 0 aliphatic carbocycles. The van der Waals surface area contributed by atoms with Crippen molar-refractivity contribution in [2.45, 2.75) is 57.2 Å². The highest BCUT2D eigenvalue weighted by Crippen LogP contribution is 2.39. The number of nitrogens with zero attached hydrogens (tertiary/aromatic N) is 1. The van der Waals surface area contributed by atoms with Crippen LogP contribution >= 0.6 is 0 Å². The molecule has 0 radical (unpaired) electrons. The van der Waals surface area contributed by atoms with E-state index in [2.05, 4.69) is 36.4 Å². The predicted molar refractivity (Wildman–Crippen MR) is 123 cm³/mol. The fraction of sp³-hybridized carbons (Fsp3) is 0.519. The average Bonchev–Trinajstić information content (AvgIpc) is 2.82. The molecule has 1 atom stereocenters. The second kappa shape index (κ2) is 10.9. The molecule has 2 heterocycles. The molecule has 2 aromatic rings. The predicted octanol–water partition coefficient (Wildman–Crippen LogP) is 5.01. The van der Waals surface area contributed by atoms with E-state index in [4.69, 9.17) is 9.47 Å². The molecule has 0 saturated carbocycles. The number of aryl methyl sites for hydroxylation is 1. The van der Waals surface area contributed by atoms with Crippen molar-refractivity contribution < 1.29 is 14.3 Å². The maximum Gasteiger partial charge on any atom is 0.222 e. The number of hydrogen-bond acceptors (Lipinski definition) is 3. The summed E-state index contributed by atoms with van der Waals surface area (Å²) in [6, 6.07) is 20.6. The minimum absolute atomic E-state index is 0.0292. The summed E-state index contributed by atoms with van der Waals surface area (Å²) in [4.78, 5) is 14.7. The van der Waals surface area contributed by atoms with Crippen LogP contribution in [-0.4, -0.2) is 42.7 Å². The van der Waals surface area contributed by atoms with Gasteiger partial charge in [0.2, 0.25) is 5.91 Å². The number of rotatable bonds is 8. The van der Waals surface area contributed by atoms with Crippen molar-refractivity contribution in [1.29, 1.82) is 0 Å². The zero-order valence-electron chi connectivity index (χ0n) is 18.5. The van der Waals surface area contributed by atoms with E-state index in [0.29, 0.717) is 18.9 Å². The molecule has 31 heavy (non-hydrogen) atoms. The van der Waals surface area contributed by atoms with Crippen molar-refractivity contribution >= 4 is 5.91 Å². The van der Waals surface area contributed by atoms with Gasteiger partial charge in [-0.15, -0.1) is 0 Å². The van der Waals surface area contributed by atoms with Gasteiger partial charge in [-0.2, -0.15) is 0 Å². The Bertz CT molecular complexity index is 800. The zero-order valence-corrected chi connectivity index (χ0v) is 18.5. The molecule has 1 unspecified atom stereocenters. The van der Waals surface area contributed by atoms with Crippen molar-refractivity contribution in [2.75, 3.05) is 26.3 Å². The molecule has 1 amide bonds. The number of piperidine rings is 1. The first-order chi connectivity index (χ1) is 15.2. The number of benzene rings is 2. The summed E-state index contributed by atoms with van der Waals surface area (Å²) in [5.74, 6) is 0.935. The van der Waals surface area contributed by atoms with Crippen LogP contribution < -0.4 is 0 Å². The van der Waals surface area contributed by atoms with Gasteiger partial charge in [0.05, 0.1) is 12.2 Å². The second-order valence-corrected chi connectivity index (χ2v) is 9.08. The van der Waals surface area contributed by atoms with Gasteiger partial charge in [-0.25, -0.2) is 0 Å². The van der Waals surface area contributed by atoms with Gasteiger partial charge in [0.25, 0.3) is 0 Å². The molecule has 4 rings (SSSR count). The summed E-state index contributed by atoms with van der Waals surface area (Å²) < 4.78 is 12.2. The highest BCUT2D eigenvalue weighted by Gasteiger charge is 2.40. The lowest BCUT2D eigenvalue weighted by Gasteiger charge is -2.46. The van der Waals surface area contributed by atoms with Crippen LogP contribution in [0.1, 0.15) is 49.7 Å². The molecule has 1 spiro atoms. The van der Waals surface area contributed by atoms with Crippen LogP contribution in [0.3, 0.4) is 0 Å². The lowest BCUT2D eigenvalue weighted by Crippen LogP contribution is -2.50. The van der Waals surface area contributed by atoms with Crippen LogP contribution in [0.2, 0.25) is 0 Å². The van der Waals surface area contributed by atoms with E-state index in [1.807, 2.05) is 29.2 Å². The minimum Gasteiger partial charge on any atom is -0.377 e. The van der Waals surface area contributed by atoms with Crippen LogP contribution in [0.25, 0.3) is 0 Å². The van der Waals surface area contributed by atoms with Crippen molar-refractivity contribution in [3.8, 4) is 0 Å². The van der Waals surface area contributed by atoms with Gasteiger partial charge in [-0.05, 0) is 55.6 Å². The summed E-state index contributed by atoms with van der Waals surface area (Å²) >= 11 is 0. The third kappa shape index (κ3) is 6.41. The lowest BCUT2D eigenvalue weighted by atomic mass is 9.78. The molecular formula is C27H35NO3. The molecule has 2 aliphatic rings. The Morgan fingerprint density at radius 3 is 2.39 bits per heavy atom. The monoisotopic (exact) mass is 421 g/mol. The van der Waals surface area contributed by atoms with E-state index in [9.17, 15) is 4.79 Å². The molecule has 2 aliphatic heterocycles. The average molecular weight is 422 g/mol. The Hall–Kier alpha value is -2.17. The fourth-order valence-electron chi connectivity index (χ4n) is 4.96. The van der Waals surface area contributed by atoms with Gasteiger partial charge in [0, 0.05) is 32.7 Å². The van der Waals surface area contributed by atoms with Gasteiger partial charge in [-0.3, -0.25) is 4.79 Å². The Balaban J connectivity index is 1.17. The first kappa shape index (κ1) is 22.0. The smallest absolute Gasteiger partial charge is 0.222 e. The van der Waals surface area contributed by atoms with Gasteiger partial charge in [0.15, 0.2) is 0 Å². The zero-order chi connectivity index (χ0) is 21.4. The first-order valence-corrected chi connectivity index (χ1v) is 11.8. The fourth-order valence-corrected chi connectivity index (χ4v) is 4.96. The van der Waals surface area contributed by atoms with Crippen LogP contribution in [0, 0.1) is 5.92 Å². The highest BCUT2D eigenvalue weighted by atomic mass is 16.5. The molecule has 4 heteroatoms. The standard InChI is InChI=1S/C27H35NO3/c29-26(12-11-23-7-3-1-4-8-23)28-17-15-27(16-18-28)21-24(14-20-31-27)13-19-30-22-25-9-5-2-6-10-25/h1-10,24H,11-22H2. The van der Waals surface area contributed by atoms with Gasteiger partial charge in [0.1, 0.15) is 0 Å². The van der Waals surface area contributed by atoms with E-state index in [1.165, 1.54) is 11.1 Å². The lowest BCUT2D eigenvalue weighted by molar-refractivity contribution is -0.148. The molecular weight excluding hydrogens is 386 g/mol. The summed E-state index contributed by atoms with van der Waals surface area (Å²) in [5.41, 5.74) is 2.44. The number of ether oxygens (including phenoxy) is 2. The van der Waals surface area contributed by atoms with Crippen molar-refractivity contribution in [1.82, 2.24) is 4.90 Å². The van der Waals surface area contributed by atoms with Crippen molar-refractivity contribution in [2.24, 2.45) is 5.92 Å². The first-order valence-electron chi connectivity index (χ1n) is 11.8. The third-order valence-electron chi connectivity index (χ3n) is 6.87. The molecule has 2 aromatic carbocycles. The number of carbonyl (C=O) groups is 1. The number of hydrogen-bond donors (Lipinski definition) is 0. The van der Waals surface area contributed by atoms with Crippen molar-refractivity contribution in [3.63, 3.8) is 0 Å². The van der Waals surface area contributed by atoms with E-state index in [1.54, 1.807) is 0 Å². The molecule has 0 aromatic heterocycles. The van der Waals surface area contributed by atoms with Gasteiger partial charge < -0.3 is 14.4 Å². The van der Waals surface area contributed by atoms with E-state index in [-0.39, 0.29) is 11.5 Å². The quantitative estimate of drug-likeness (QED) is 0.562. The molecule has 166 valence electrons. The molecule has 0 N–H and O–H groups in total. The normalized spacial score (nSPS) is 20.6. The Kier molecular flexibility index (Phi) is 7.76. The maximum absolute atomic E-state index is 12.7. The topological polar surface area (TPSA) is 38.8 Å². The van der Waals surface area contributed by atoms with Crippen LogP contribution in [-0.2, 0) is 27.3 Å². The summed E-state index contributed by atoms with van der Waals surface area (Å²) in [5, 5.41) is 0. The Morgan fingerprint density at radius 2 is 1.68 bits per heavy atom. The Morgan fingerprint density at radius 1 is 1.00 bits per heavy atom. The summed E-state index contributed by atoms with van der Waals surface area (Å²) in [6.07, 6.45) is 6.67. The van der Waals surface area contributed by atoms with Crippen LogP contribution in [0.4, 0.5) is 0 Å². The number of amides is 1.